The summed E-state index contributed by atoms with van der Waals surface area (Å²) < 4.78 is 6.44. The Hall–Kier alpha value is -0.0100. The highest BCUT2D eigenvalue weighted by atomic mass is 79.9. The van der Waals surface area contributed by atoms with Crippen molar-refractivity contribution in [2.24, 2.45) is 11.7 Å². The number of aromatic nitrogens is 1. The number of aliphatic hydroxyl groups excluding tert-OH is 1. The van der Waals surface area contributed by atoms with Gasteiger partial charge in [0, 0.05) is 11.3 Å². The molecule has 96 valence electrons. The van der Waals surface area contributed by atoms with Crippen molar-refractivity contribution in [1.29, 1.82) is 0 Å². The summed E-state index contributed by atoms with van der Waals surface area (Å²) in [7, 11) is 0. The molecule has 2 heterocycles. The van der Waals surface area contributed by atoms with E-state index in [1.54, 1.807) is 6.92 Å². The molecular weight excluding hydrogens is 304 g/mol. The molecule has 1 aromatic rings. The van der Waals surface area contributed by atoms with Crippen LogP contribution in [0.2, 0.25) is 0 Å². The summed E-state index contributed by atoms with van der Waals surface area (Å²) in [6.45, 7) is 4.20. The van der Waals surface area contributed by atoms with Gasteiger partial charge in [-0.3, -0.25) is 0 Å². The van der Waals surface area contributed by atoms with Crippen molar-refractivity contribution in [1.82, 2.24) is 4.98 Å². The van der Waals surface area contributed by atoms with Crippen molar-refractivity contribution in [2.45, 2.75) is 38.0 Å². The van der Waals surface area contributed by atoms with Gasteiger partial charge in [0.25, 0.3) is 0 Å². The molecular formula is C11H17BrN2O2S. The van der Waals surface area contributed by atoms with E-state index in [0.29, 0.717) is 6.61 Å². The lowest BCUT2D eigenvalue weighted by atomic mass is 9.77. The molecule has 3 N–H and O–H groups in total. The van der Waals surface area contributed by atoms with E-state index in [4.69, 9.17) is 10.5 Å². The van der Waals surface area contributed by atoms with Crippen LogP contribution in [-0.2, 0) is 10.3 Å². The standard InChI is InChI=1S/C11H17BrN2O2S/c1-6-3-8(7(2)15)11(13,5-16-6)10-14-9(12)4-17-10/h4,6-8,15H,3,5,13H2,1-2H3/t6-,7?,8-,11-/m0/s1. The molecule has 1 aliphatic heterocycles. The summed E-state index contributed by atoms with van der Waals surface area (Å²) >= 11 is 4.84. The van der Waals surface area contributed by atoms with Crippen molar-refractivity contribution in [3.63, 3.8) is 0 Å². The maximum atomic E-state index is 9.93. The third-order valence-corrected chi connectivity index (χ3v) is 5.06. The van der Waals surface area contributed by atoms with Crippen molar-refractivity contribution in [3.05, 3.63) is 15.0 Å². The van der Waals surface area contributed by atoms with Crippen molar-refractivity contribution in [3.8, 4) is 0 Å². The molecule has 0 aromatic carbocycles. The summed E-state index contributed by atoms with van der Waals surface area (Å²) in [5.41, 5.74) is 5.76. The first-order valence-electron chi connectivity index (χ1n) is 5.63. The van der Waals surface area contributed by atoms with Crippen LogP contribution in [0.4, 0.5) is 0 Å². The Kier molecular flexibility index (Phi) is 3.89. The second-order valence-electron chi connectivity index (χ2n) is 4.72. The Labute approximate surface area is 113 Å². The second-order valence-corrected chi connectivity index (χ2v) is 6.39. The van der Waals surface area contributed by atoms with Crippen LogP contribution in [-0.4, -0.2) is 28.9 Å². The Morgan fingerprint density at radius 2 is 2.47 bits per heavy atom. The summed E-state index contributed by atoms with van der Waals surface area (Å²) in [4.78, 5) is 4.38. The van der Waals surface area contributed by atoms with E-state index in [-0.39, 0.29) is 12.0 Å². The van der Waals surface area contributed by atoms with Crippen molar-refractivity contribution < 1.29 is 9.84 Å². The monoisotopic (exact) mass is 320 g/mol. The van der Waals surface area contributed by atoms with Gasteiger partial charge in [-0.2, -0.15) is 0 Å². The quantitative estimate of drug-likeness (QED) is 0.872. The van der Waals surface area contributed by atoms with Crippen molar-refractivity contribution in [2.75, 3.05) is 6.61 Å². The first kappa shape index (κ1) is 13.4. The molecule has 0 radical (unpaired) electrons. The fourth-order valence-electron chi connectivity index (χ4n) is 2.34. The van der Waals surface area contributed by atoms with Crippen LogP contribution in [0, 0.1) is 5.92 Å². The average Bonchev–Trinajstić information content (AvgIpc) is 2.69. The Bertz CT molecular complexity index is 399. The van der Waals surface area contributed by atoms with Gasteiger partial charge in [0.2, 0.25) is 0 Å². The van der Waals surface area contributed by atoms with E-state index in [0.717, 1.165) is 16.0 Å². The zero-order chi connectivity index (χ0) is 12.6. The normalized spacial score (nSPS) is 35.8. The zero-order valence-corrected chi connectivity index (χ0v) is 12.3. The van der Waals surface area contributed by atoms with Crippen LogP contribution in [0.3, 0.4) is 0 Å². The van der Waals surface area contributed by atoms with E-state index in [1.807, 2.05) is 12.3 Å². The zero-order valence-electron chi connectivity index (χ0n) is 9.89. The number of rotatable bonds is 2. The smallest absolute Gasteiger partial charge is 0.117 e. The average molecular weight is 321 g/mol. The molecule has 4 nitrogen and oxygen atoms in total. The lowest BCUT2D eigenvalue weighted by molar-refractivity contribution is -0.0861. The predicted octanol–water partition coefficient (Wildman–Crippen LogP) is 1.87. The minimum absolute atomic E-state index is 0.0238. The first-order chi connectivity index (χ1) is 7.93. The molecule has 1 unspecified atom stereocenters. The van der Waals surface area contributed by atoms with E-state index in [2.05, 4.69) is 20.9 Å². The highest BCUT2D eigenvalue weighted by molar-refractivity contribution is 9.10. The first-order valence-corrected chi connectivity index (χ1v) is 7.31. The van der Waals surface area contributed by atoms with Crippen LogP contribution in [0.1, 0.15) is 25.3 Å². The molecule has 0 amide bonds. The van der Waals surface area contributed by atoms with Gasteiger partial charge >= 0.3 is 0 Å². The lowest BCUT2D eigenvalue weighted by Crippen LogP contribution is -2.56. The van der Waals surface area contributed by atoms with Gasteiger partial charge in [0.05, 0.1) is 24.4 Å². The fraction of sp³-hybridized carbons (Fsp3) is 0.727. The Balaban J connectivity index is 2.32. The van der Waals surface area contributed by atoms with Gasteiger partial charge in [-0.05, 0) is 36.2 Å². The molecule has 1 fully saturated rings. The summed E-state index contributed by atoms with van der Waals surface area (Å²) in [6.07, 6.45) is 0.425. The third-order valence-electron chi connectivity index (χ3n) is 3.31. The van der Waals surface area contributed by atoms with Crippen molar-refractivity contribution >= 4 is 27.3 Å². The second kappa shape index (κ2) is 4.93. The molecule has 0 spiro atoms. The number of nitrogens with two attached hydrogens (primary N) is 1. The van der Waals surface area contributed by atoms with Gasteiger partial charge in [-0.25, -0.2) is 4.98 Å². The van der Waals surface area contributed by atoms with Gasteiger partial charge < -0.3 is 15.6 Å². The van der Waals surface area contributed by atoms with Crippen LogP contribution in [0.25, 0.3) is 0 Å². The minimum atomic E-state index is -0.683. The predicted molar refractivity (Wildman–Crippen MR) is 70.9 cm³/mol. The van der Waals surface area contributed by atoms with Crippen LogP contribution in [0.5, 0.6) is 0 Å². The molecule has 1 aromatic heterocycles. The molecule has 6 heteroatoms. The van der Waals surface area contributed by atoms with Gasteiger partial charge in [-0.15, -0.1) is 11.3 Å². The van der Waals surface area contributed by atoms with Crippen LogP contribution >= 0.6 is 27.3 Å². The fourth-order valence-corrected chi connectivity index (χ4v) is 3.76. The molecule has 2 rings (SSSR count). The van der Waals surface area contributed by atoms with Gasteiger partial charge in [0.15, 0.2) is 0 Å². The number of nitrogens with zero attached hydrogens (tertiary/aromatic N) is 1. The molecule has 1 aliphatic rings. The number of halogens is 1. The maximum absolute atomic E-state index is 9.93. The number of aliphatic hydroxyl groups is 1. The topological polar surface area (TPSA) is 68.4 Å². The number of ether oxygens (including phenoxy) is 1. The molecule has 4 atom stereocenters. The highest BCUT2D eigenvalue weighted by Crippen LogP contribution is 2.39. The Morgan fingerprint density at radius 3 is 3.00 bits per heavy atom. The lowest BCUT2D eigenvalue weighted by Gasteiger charge is -2.43. The number of hydrogen-bond donors (Lipinski definition) is 2. The van der Waals surface area contributed by atoms with Crippen LogP contribution in [0.15, 0.2) is 9.98 Å². The Morgan fingerprint density at radius 1 is 1.76 bits per heavy atom. The van der Waals surface area contributed by atoms with Gasteiger partial charge in [0.1, 0.15) is 9.61 Å². The largest absolute Gasteiger partial charge is 0.393 e. The summed E-state index contributed by atoms with van der Waals surface area (Å²) in [6, 6.07) is 0. The molecule has 0 bridgehead atoms. The molecule has 0 aliphatic carbocycles. The molecule has 17 heavy (non-hydrogen) atoms. The minimum Gasteiger partial charge on any atom is -0.393 e. The maximum Gasteiger partial charge on any atom is 0.117 e. The highest BCUT2D eigenvalue weighted by Gasteiger charge is 2.46. The summed E-state index contributed by atoms with van der Waals surface area (Å²) in [5, 5.41) is 12.7. The van der Waals surface area contributed by atoms with Crippen LogP contribution < -0.4 is 5.73 Å². The summed E-state index contributed by atoms with van der Waals surface area (Å²) in [5.74, 6) is -0.0238. The van der Waals surface area contributed by atoms with E-state index in [1.165, 1.54) is 11.3 Å². The molecule has 1 saturated heterocycles. The van der Waals surface area contributed by atoms with E-state index in [9.17, 15) is 5.11 Å². The number of thiazole rings is 1. The van der Waals surface area contributed by atoms with Gasteiger partial charge in [-0.1, -0.05) is 0 Å². The van der Waals surface area contributed by atoms with E-state index >= 15 is 0 Å². The SMILES string of the molecule is CC(O)[C@@H]1C[C@H](C)OC[C@@]1(N)c1nc(Br)cs1. The molecule has 0 saturated carbocycles. The third kappa shape index (κ3) is 2.56. The number of hydrogen-bond acceptors (Lipinski definition) is 5. The van der Waals surface area contributed by atoms with E-state index < -0.39 is 11.6 Å².